The molecule has 0 amide bonds. The molecule has 2 aromatic rings. The molecular formula is C11H12N2OS. The Morgan fingerprint density at radius 1 is 1.20 bits per heavy atom. The van der Waals surface area contributed by atoms with Gasteiger partial charge in [0.1, 0.15) is 5.52 Å². The predicted molar refractivity (Wildman–Crippen MR) is 62.7 cm³/mol. The van der Waals surface area contributed by atoms with E-state index in [0.717, 1.165) is 18.4 Å². The van der Waals surface area contributed by atoms with Crippen LogP contribution < -0.4 is 5.56 Å². The SMILES string of the molecule is O=c1c2cc3c(n2ccn1S)CCCC3. The summed E-state index contributed by atoms with van der Waals surface area (Å²) in [5.74, 6) is 0. The van der Waals surface area contributed by atoms with Crippen molar-refractivity contribution in [2.24, 2.45) is 0 Å². The van der Waals surface area contributed by atoms with Gasteiger partial charge in [0.2, 0.25) is 0 Å². The second-order valence-electron chi connectivity index (χ2n) is 4.03. The van der Waals surface area contributed by atoms with Crippen LogP contribution in [0.5, 0.6) is 0 Å². The van der Waals surface area contributed by atoms with E-state index in [1.807, 2.05) is 16.7 Å². The van der Waals surface area contributed by atoms with Crippen molar-refractivity contribution in [1.29, 1.82) is 0 Å². The van der Waals surface area contributed by atoms with Crippen molar-refractivity contribution < 1.29 is 0 Å². The maximum absolute atomic E-state index is 11.8. The fourth-order valence-electron chi connectivity index (χ4n) is 2.37. The fourth-order valence-corrected chi connectivity index (χ4v) is 2.54. The van der Waals surface area contributed by atoms with Crippen LogP contribution >= 0.6 is 12.8 Å². The van der Waals surface area contributed by atoms with Gasteiger partial charge in [-0.15, -0.1) is 0 Å². The molecule has 0 bridgehead atoms. The molecule has 4 heteroatoms. The summed E-state index contributed by atoms with van der Waals surface area (Å²) in [4.78, 5) is 11.8. The van der Waals surface area contributed by atoms with Crippen LogP contribution in [0.4, 0.5) is 0 Å². The van der Waals surface area contributed by atoms with Crippen molar-refractivity contribution in [3.8, 4) is 0 Å². The molecule has 0 spiro atoms. The first-order valence-corrected chi connectivity index (χ1v) is 5.61. The molecule has 0 saturated heterocycles. The number of hydrogen-bond acceptors (Lipinski definition) is 2. The average molecular weight is 220 g/mol. The Kier molecular flexibility index (Phi) is 1.92. The van der Waals surface area contributed by atoms with E-state index in [1.54, 1.807) is 6.20 Å². The molecule has 0 saturated carbocycles. The minimum Gasteiger partial charge on any atom is -0.314 e. The first-order chi connectivity index (χ1) is 7.27. The van der Waals surface area contributed by atoms with Gasteiger partial charge < -0.3 is 4.40 Å². The monoisotopic (exact) mass is 220 g/mol. The summed E-state index contributed by atoms with van der Waals surface area (Å²) in [6.07, 6.45) is 8.27. The van der Waals surface area contributed by atoms with E-state index in [-0.39, 0.29) is 5.56 Å². The van der Waals surface area contributed by atoms with E-state index < -0.39 is 0 Å². The highest BCUT2D eigenvalue weighted by Crippen LogP contribution is 2.23. The summed E-state index contributed by atoms with van der Waals surface area (Å²) in [6, 6.07) is 2.02. The smallest absolute Gasteiger partial charge is 0.284 e. The Morgan fingerprint density at radius 2 is 2.00 bits per heavy atom. The van der Waals surface area contributed by atoms with Gasteiger partial charge in [-0.05, 0) is 37.3 Å². The van der Waals surface area contributed by atoms with E-state index in [4.69, 9.17) is 0 Å². The van der Waals surface area contributed by atoms with Crippen LogP contribution in [0.25, 0.3) is 5.52 Å². The second kappa shape index (κ2) is 3.17. The van der Waals surface area contributed by atoms with Crippen molar-refractivity contribution in [2.75, 3.05) is 0 Å². The summed E-state index contributed by atoms with van der Waals surface area (Å²) in [6.45, 7) is 0. The normalized spacial score (nSPS) is 15.5. The summed E-state index contributed by atoms with van der Waals surface area (Å²) in [5, 5.41) is 0. The molecule has 0 aliphatic heterocycles. The lowest BCUT2D eigenvalue weighted by Gasteiger charge is -2.11. The quantitative estimate of drug-likeness (QED) is 0.672. The fraction of sp³-hybridized carbons (Fsp3) is 0.364. The van der Waals surface area contributed by atoms with Gasteiger partial charge in [0.05, 0.1) is 0 Å². The van der Waals surface area contributed by atoms with Crippen LogP contribution in [-0.4, -0.2) is 8.37 Å². The minimum absolute atomic E-state index is 0.0322. The maximum atomic E-state index is 11.8. The van der Waals surface area contributed by atoms with Gasteiger partial charge >= 0.3 is 0 Å². The Morgan fingerprint density at radius 3 is 2.87 bits per heavy atom. The van der Waals surface area contributed by atoms with Crippen LogP contribution in [0.15, 0.2) is 23.3 Å². The van der Waals surface area contributed by atoms with E-state index >= 15 is 0 Å². The molecule has 3 nitrogen and oxygen atoms in total. The molecule has 15 heavy (non-hydrogen) atoms. The van der Waals surface area contributed by atoms with E-state index in [0.29, 0.717) is 0 Å². The number of thiol groups is 1. The van der Waals surface area contributed by atoms with E-state index in [9.17, 15) is 4.79 Å². The largest absolute Gasteiger partial charge is 0.314 e. The molecule has 0 unspecified atom stereocenters. The molecule has 0 fully saturated rings. The van der Waals surface area contributed by atoms with Gasteiger partial charge in [0, 0.05) is 18.1 Å². The summed E-state index contributed by atoms with van der Waals surface area (Å²) < 4.78 is 3.35. The Bertz CT molecular complexity index is 582. The molecule has 0 atom stereocenters. The van der Waals surface area contributed by atoms with Crippen LogP contribution in [0, 0.1) is 0 Å². The third-order valence-corrected chi connectivity index (χ3v) is 3.44. The van der Waals surface area contributed by atoms with Gasteiger partial charge in [0.15, 0.2) is 0 Å². The summed E-state index contributed by atoms with van der Waals surface area (Å²) >= 11 is 4.08. The van der Waals surface area contributed by atoms with Crippen molar-refractivity contribution in [3.05, 3.63) is 40.1 Å². The highest BCUT2D eigenvalue weighted by molar-refractivity contribution is 7.78. The Hall–Kier alpha value is -1.16. The lowest BCUT2D eigenvalue weighted by molar-refractivity contribution is 0.668. The summed E-state index contributed by atoms with van der Waals surface area (Å²) in [5.41, 5.74) is 3.36. The molecule has 2 aromatic heterocycles. The van der Waals surface area contributed by atoms with Gasteiger partial charge in [-0.2, -0.15) is 0 Å². The standard InChI is InChI=1S/C11H12N2OS/c14-11-10-7-8-3-1-2-4-9(8)12(10)5-6-13(11)15/h5-7,15H,1-4H2. The predicted octanol–water partition coefficient (Wildman–Crippen LogP) is 1.67. The van der Waals surface area contributed by atoms with Gasteiger partial charge in [0.25, 0.3) is 5.56 Å². The van der Waals surface area contributed by atoms with Gasteiger partial charge in [-0.25, -0.2) is 0 Å². The molecule has 0 aromatic carbocycles. The average Bonchev–Trinajstić information content (AvgIpc) is 2.63. The Labute approximate surface area is 92.9 Å². The van der Waals surface area contributed by atoms with Crippen molar-refractivity contribution in [3.63, 3.8) is 0 Å². The van der Waals surface area contributed by atoms with Crippen LogP contribution in [0.3, 0.4) is 0 Å². The summed E-state index contributed by atoms with van der Waals surface area (Å²) in [7, 11) is 0. The van der Waals surface area contributed by atoms with Crippen molar-refractivity contribution in [2.45, 2.75) is 25.7 Å². The highest BCUT2D eigenvalue weighted by atomic mass is 32.1. The zero-order valence-corrected chi connectivity index (χ0v) is 9.20. The van der Waals surface area contributed by atoms with Gasteiger partial charge in [-0.1, -0.05) is 12.8 Å². The second-order valence-corrected chi connectivity index (χ2v) is 4.46. The lowest BCUT2D eigenvalue weighted by atomic mass is 9.98. The number of aryl methyl sites for hydroxylation is 2. The van der Waals surface area contributed by atoms with E-state index in [1.165, 1.54) is 28.1 Å². The molecule has 0 N–H and O–H groups in total. The van der Waals surface area contributed by atoms with Gasteiger partial charge in [-0.3, -0.25) is 8.77 Å². The van der Waals surface area contributed by atoms with E-state index in [2.05, 4.69) is 12.8 Å². The molecule has 1 aliphatic carbocycles. The number of fused-ring (bicyclic) bond motifs is 3. The third-order valence-electron chi connectivity index (χ3n) is 3.13. The zero-order valence-electron chi connectivity index (χ0n) is 8.31. The number of rotatable bonds is 0. The molecule has 0 radical (unpaired) electrons. The Balaban J connectivity index is 2.41. The number of nitrogens with zero attached hydrogens (tertiary/aromatic N) is 2. The van der Waals surface area contributed by atoms with Crippen LogP contribution in [0.2, 0.25) is 0 Å². The third kappa shape index (κ3) is 1.24. The first-order valence-electron chi connectivity index (χ1n) is 5.21. The molecule has 1 aliphatic rings. The molecule has 78 valence electrons. The lowest BCUT2D eigenvalue weighted by Crippen LogP contribution is -2.14. The maximum Gasteiger partial charge on any atom is 0.284 e. The van der Waals surface area contributed by atoms with Crippen molar-refractivity contribution >= 4 is 18.3 Å². The van der Waals surface area contributed by atoms with Crippen LogP contribution in [0.1, 0.15) is 24.1 Å². The molecule has 3 rings (SSSR count). The molecule has 2 heterocycles. The topological polar surface area (TPSA) is 26.4 Å². The zero-order chi connectivity index (χ0) is 10.4. The highest BCUT2D eigenvalue weighted by Gasteiger charge is 2.15. The van der Waals surface area contributed by atoms with Crippen molar-refractivity contribution in [1.82, 2.24) is 8.37 Å². The minimum atomic E-state index is -0.0322. The number of hydrogen-bond donors (Lipinski definition) is 1. The van der Waals surface area contributed by atoms with Crippen LogP contribution in [-0.2, 0) is 12.8 Å². The molecular weight excluding hydrogens is 208 g/mol. The first kappa shape index (κ1) is 9.09. The number of aromatic nitrogens is 2.